The Kier molecular flexibility index (Phi) is 17.3. The van der Waals surface area contributed by atoms with E-state index in [2.05, 4.69) is 26.6 Å². The number of ketones is 1. The number of Topliss-reactive ketones (excluding diaryl/α,β-unsaturated/α-hetero) is 1. The predicted molar refractivity (Wildman–Crippen MR) is 178 cm³/mol. The van der Waals surface area contributed by atoms with Crippen LogP contribution in [0.1, 0.15) is 80.7 Å². The summed E-state index contributed by atoms with van der Waals surface area (Å²) in [7, 11) is 0. The quantitative estimate of drug-likeness (QED) is 0.119. The molecule has 0 radical (unpaired) electrons. The zero-order valence-corrected chi connectivity index (χ0v) is 29.4. The molecule has 0 spiro atoms. The summed E-state index contributed by atoms with van der Waals surface area (Å²) < 4.78 is 5.24. The fourth-order valence-electron chi connectivity index (χ4n) is 4.68. The number of carbonyl (C=O) groups excluding carboxylic acids is 6. The third-order valence-corrected chi connectivity index (χ3v) is 7.51. The lowest BCUT2D eigenvalue weighted by Gasteiger charge is -2.28. The van der Waals surface area contributed by atoms with Crippen molar-refractivity contribution in [3.8, 4) is 0 Å². The molecular formula is C34H53N5O9. The summed E-state index contributed by atoms with van der Waals surface area (Å²) in [6, 6.07) is 3.15. The molecule has 0 heterocycles. The van der Waals surface area contributed by atoms with Crippen molar-refractivity contribution >= 4 is 41.5 Å². The van der Waals surface area contributed by atoms with Gasteiger partial charge in [0.25, 0.3) is 5.91 Å². The van der Waals surface area contributed by atoms with Crippen LogP contribution in [0, 0.1) is 23.7 Å². The topological polar surface area (TPSA) is 209 Å². The number of alkyl carbamates (subject to hydrolysis) is 1. The van der Waals surface area contributed by atoms with Crippen molar-refractivity contribution < 1.29 is 43.4 Å². The summed E-state index contributed by atoms with van der Waals surface area (Å²) in [4.78, 5) is 89.9. The molecule has 0 aliphatic carbocycles. The first-order valence-corrected chi connectivity index (χ1v) is 16.3. The number of benzene rings is 1. The average molecular weight is 676 g/mol. The number of carboxylic acids is 1. The Labute approximate surface area is 282 Å². The minimum Gasteiger partial charge on any atom is -0.480 e. The van der Waals surface area contributed by atoms with Crippen LogP contribution in [0.25, 0.3) is 0 Å². The van der Waals surface area contributed by atoms with Gasteiger partial charge in [0, 0.05) is 0 Å². The zero-order valence-electron chi connectivity index (χ0n) is 29.4. The Morgan fingerprint density at radius 1 is 0.646 bits per heavy atom. The van der Waals surface area contributed by atoms with Gasteiger partial charge in [0.2, 0.25) is 23.5 Å². The Bertz CT molecular complexity index is 1270. The molecular weight excluding hydrogens is 622 g/mol. The van der Waals surface area contributed by atoms with Gasteiger partial charge in [-0.2, -0.15) is 0 Å². The largest absolute Gasteiger partial charge is 0.480 e. The van der Waals surface area contributed by atoms with Gasteiger partial charge in [0.1, 0.15) is 30.8 Å². The van der Waals surface area contributed by atoms with Crippen LogP contribution in [0.2, 0.25) is 0 Å². The third-order valence-electron chi connectivity index (χ3n) is 7.51. The van der Waals surface area contributed by atoms with Crippen LogP contribution in [0.5, 0.6) is 0 Å². The average Bonchev–Trinajstić information content (AvgIpc) is 3.01. The highest BCUT2D eigenvalue weighted by molar-refractivity contribution is 6.38. The summed E-state index contributed by atoms with van der Waals surface area (Å²) in [5, 5.41) is 22.0. The van der Waals surface area contributed by atoms with Crippen LogP contribution in [-0.4, -0.2) is 76.8 Å². The Hall–Kier alpha value is -4.49. The molecule has 1 aromatic rings. The Morgan fingerprint density at radius 2 is 1.15 bits per heavy atom. The van der Waals surface area contributed by atoms with Gasteiger partial charge >= 0.3 is 12.1 Å². The maximum absolute atomic E-state index is 13.4. The first kappa shape index (κ1) is 41.5. The van der Waals surface area contributed by atoms with Gasteiger partial charge in [-0.05, 0) is 42.1 Å². The Balaban J connectivity index is 2.98. The number of aliphatic carboxylic acids is 1. The van der Waals surface area contributed by atoms with Crippen LogP contribution in [0.3, 0.4) is 0 Å². The Morgan fingerprint density at radius 3 is 1.62 bits per heavy atom. The van der Waals surface area contributed by atoms with Crippen LogP contribution in [0.4, 0.5) is 4.79 Å². The standard InChI is InChI=1S/C34H53N5O9/c1-10-23(28(40)32(44)36-24(16-18(2)3)29(41)38-27(21(8)9)33(45)46)35-30(42)25(19(4)5)37-31(43)26(20(6)7)39-34(47)48-17-22-14-12-11-13-15-22/h11-15,18-21,23-27H,10,16-17H2,1-9H3,(H,35,42)(H,36,44)(H,37,43)(H,38,41)(H,39,47)(H,45,46)/t23-,24+,25+,26+,27+/m1/s1. The summed E-state index contributed by atoms with van der Waals surface area (Å²) >= 11 is 0. The second-order valence-electron chi connectivity index (χ2n) is 13.2. The monoisotopic (exact) mass is 675 g/mol. The van der Waals surface area contributed by atoms with Crippen molar-refractivity contribution in [3.05, 3.63) is 35.9 Å². The summed E-state index contributed by atoms with van der Waals surface area (Å²) in [5.74, 6) is -6.83. The van der Waals surface area contributed by atoms with Gasteiger partial charge in [-0.1, -0.05) is 92.6 Å². The lowest BCUT2D eigenvalue weighted by Crippen LogP contribution is -2.59. The number of carboxylic acid groups (broad SMARTS) is 1. The lowest BCUT2D eigenvalue weighted by atomic mass is 9.98. The highest BCUT2D eigenvalue weighted by atomic mass is 16.5. The first-order chi connectivity index (χ1) is 22.4. The van der Waals surface area contributed by atoms with Crippen LogP contribution >= 0.6 is 0 Å². The van der Waals surface area contributed by atoms with Gasteiger partial charge in [-0.3, -0.25) is 24.0 Å². The van der Waals surface area contributed by atoms with Crippen molar-refractivity contribution in [1.82, 2.24) is 26.6 Å². The highest BCUT2D eigenvalue weighted by Gasteiger charge is 2.35. The molecule has 268 valence electrons. The second-order valence-corrected chi connectivity index (χ2v) is 13.2. The number of amides is 5. The minimum atomic E-state index is -1.28. The molecule has 0 aromatic heterocycles. The van der Waals surface area contributed by atoms with Crippen molar-refractivity contribution in [2.75, 3.05) is 0 Å². The van der Waals surface area contributed by atoms with Gasteiger partial charge < -0.3 is 36.4 Å². The number of ether oxygens (including phenoxy) is 1. The SMILES string of the molecule is CC[C@@H](NC(=O)[C@@H](NC(=O)[C@@H](NC(=O)OCc1ccccc1)C(C)C)C(C)C)C(=O)C(=O)N[C@@H](CC(C)C)C(=O)N[C@H](C(=O)O)C(C)C. The molecule has 48 heavy (non-hydrogen) atoms. The van der Waals surface area contributed by atoms with E-state index < -0.39 is 83.5 Å². The predicted octanol–water partition coefficient (Wildman–Crippen LogP) is 2.30. The minimum absolute atomic E-state index is 0.000166. The van der Waals surface area contributed by atoms with E-state index in [1.807, 2.05) is 6.07 Å². The molecule has 0 unspecified atom stereocenters. The smallest absolute Gasteiger partial charge is 0.408 e. The molecule has 14 heteroatoms. The van der Waals surface area contributed by atoms with Crippen LogP contribution < -0.4 is 26.6 Å². The number of hydrogen-bond donors (Lipinski definition) is 6. The lowest BCUT2D eigenvalue weighted by molar-refractivity contribution is -0.144. The van der Waals surface area contributed by atoms with Crippen molar-refractivity contribution in [3.63, 3.8) is 0 Å². The highest BCUT2D eigenvalue weighted by Crippen LogP contribution is 2.11. The number of nitrogens with one attached hydrogen (secondary N) is 5. The number of rotatable bonds is 19. The fourth-order valence-corrected chi connectivity index (χ4v) is 4.68. The van der Waals surface area contributed by atoms with Gasteiger partial charge in [-0.25, -0.2) is 9.59 Å². The van der Waals surface area contributed by atoms with Crippen LogP contribution in [0.15, 0.2) is 30.3 Å². The molecule has 1 rings (SSSR count). The molecule has 0 bridgehead atoms. The van der Waals surface area contributed by atoms with E-state index in [9.17, 15) is 38.7 Å². The van der Waals surface area contributed by atoms with Gasteiger partial charge in [-0.15, -0.1) is 0 Å². The normalized spacial score (nSPS) is 14.4. The van der Waals surface area contributed by atoms with Gasteiger partial charge in [0.05, 0.1) is 6.04 Å². The fraction of sp³-hybridized carbons (Fsp3) is 0.618. The van der Waals surface area contributed by atoms with E-state index in [4.69, 9.17) is 4.74 Å². The van der Waals surface area contributed by atoms with Crippen molar-refractivity contribution in [2.45, 2.75) is 112 Å². The molecule has 0 aliphatic rings. The molecule has 0 saturated heterocycles. The molecule has 0 fully saturated rings. The summed E-state index contributed by atoms with van der Waals surface area (Å²) in [6.07, 6.45) is -0.659. The number of carbonyl (C=O) groups is 7. The zero-order chi connectivity index (χ0) is 36.7. The molecule has 0 aliphatic heterocycles. The molecule has 5 amide bonds. The molecule has 14 nitrogen and oxygen atoms in total. The summed E-state index contributed by atoms with van der Waals surface area (Å²) in [6.45, 7) is 15.2. The molecule has 5 atom stereocenters. The van der Waals surface area contributed by atoms with E-state index in [0.29, 0.717) is 0 Å². The van der Waals surface area contributed by atoms with E-state index in [1.54, 1.807) is 86.6 Å². The molecule has 1 aromatic carbocycles. The first-order valence-electron chi connectivity index (χ1n) is 16.3. The van der Waals surface area contributed by atoms with E-state index in [1.165, 1.54) is 0 Å². The molecule has 0 saturated carbocycles. The second kappa shape index (κ2) is 20.0. The van der Waals surface area contributed by atoms with E-state index >= 15 is 0 Å². The van der Waals surface area contributed by atoms with E-state index in [-0.39, 0.29) is 31.3 Å². The van der Waals surface area contributed by atoms with Crippen LogP contribution in [-0.2, 0) is 40.1 Å². The summed E-state index contributed by atoms with van der Waals surface area (Å²) in [5.41, 5.74) is 0.764. The van der Waals surface area contributed by atoms with Gasteiger partial charge in [0.15, 0.2) is 0 Å². The number of hydrogen-bond acceptors (Lipinski definition) is 8. The molecule has 6 N–H and O–H groups in total. The van der Waals surface area contributed by atoms with Crippen molar-refractivity contribution in [1.29, 1.82) is 0 Å². The maximum Gasteiger partial charge on any atom is 0.408 e. The maximum atomic E-state index is 13.4. The third kappa shape index (κ3) is 13.7. The van der Waals surface area contributed by atoms with Crippen molar-refractivity contribution in [2.24, 2.45) is 23.7 Å². The van der Waals surface area contributed by atoms with E-state index in [0.717, 1.165) is 5.56 Å².